The van der Waals surface area contributed by atoms with Crippen molar-refractivity contribution in [3.63, 3.8) is 0 Å². The van der Waals surface area contributed by atoms with E-state index in [9.17, 15) is 18.4 Å². The molecule has 0 bridgehead atoms. The largest absolute Gasteiger partial charge is 0.453 e. The first-order valence-corrected chi connectivity index (χ1v) is 6.93. The van der Waals surface area contributed by atoms with Crippen molar-refractivity contribution >= 4 is 17.3 Å². The number of hydrazone groups is 1. The lowest BCUT2D eigenvalue weighted by molar-refractivity contribution is -0.0661. The molecule has 0 fully saturated rings. The summed E-state index contributed by atoms with van der Waals surface area (Å²) in [6.07, 6.45) is -5.72. The van der Waals surface area contributed by atoms with E-state index in [-0.39, 0.29) is 11.5 Å². The predicted molar refractivity (Wildman–Crippen MR) is 76.0 cm³/mol. The first kappa shape index (κ1) is 15.5. The van der Waals surface area contributed by atoms with Gasteiger partial charge in [0.15, 0.2) is 11.9 Å². The molecule has 3 rings (SSSR count). The molecule has 0 spiro atoms. The van der Waals surface area contributed by atoms with Gasteiger partial charge in [-0.25, -0.2) is 0 Å². The van der Waals surface area contributed by atoms with Crippen LogP contribution in [0.2, 0.25) is 5.02 Å². The number of alkyl halides is 3. The summed E-state index contributed by atoms with van der Waals surface area (Å²) in [5.41, 5.74) is 7.39. The second-order valence-corrected chi connectivity index (χ2v) is 5.54. The molecular weight excluding hydrogens is 333 g/mol. The van der Waals surface area contributed by atoms with Crippen molar-refractivity contribution in [1.82, 2.24) is 5.43 Å². The van der Waals surface area contributed by atoms with E-state index in [2.05, 4.69) is 10.5 Å². The van der Waals surface area contributed by atoms with Gasteiger partial charge in [-0.3, -0.25) is 5.43 Å². The summed E-state index contributed by atoms with van der Waals surface area (Å²) in [7, 11) is 0. The van der Waals surface area contributed by atoms with Crippen LogP contribution in [0.4, 0.5) is 13.2 Å². The van der Waals surface area contributed by atoms with E-state index in [0.29, 0.717) is 10.6 Å². The molecule has 0 saturated carbocycles. The van der Waals surface area contributed by atoms with Gasteiger partial charge in [0.1, 0.15) is 6.07 Å². The standard InChI is InChI=1S/C14H10ClF3N4O/c15-7-3-1-6(2-4-7)9-8(5-19)12(20)23-13-10(9)11(21-22-13)14(16,17)18/h1-4,9-10,13,22H,20H2/t9-,10-,13+/m1/s1. The zero-order valence-corrected chi connectivity index (χ0v) is 12.2. The second-order valence-electron chi connectivity index (χ2n) is 5.11. The Labute approximate surface area is 134 Å². The van der Waals surface area contributed by atoms with Gasteiger partial charge in [0.25, 0.3) is 0 Å². The summed E-state index contributed by atoms with van der Waals surface area (Å²) in [6.45, 7) is 0. The minimum absolute atomic E-state index is 0.0609. The Kier molecular flexibility index (Phi) is 3.60. The van der Waals surface area contributed by atoms with Crippen LogP contribution in [-0.2, 0) is 4.74 Å². The van der Waals surface area contributed by atoms with E-state index in [4.69, 9.17) is 22.1 Å². The quantitative estimate of drug-likeness (QED) is 0.821. The van der Waals surface area contributed by atoms with Gasteiger partial charge in [0, 0.05) is 10.9 Å². The minimum atomic E-state index is -4.65. The summed E-state index contributed by atoms with van der Waals surface area (Å²) in [4.78, 5) is 0. The van der Waals surface area contributed by atoms with Gasteiger partial charge >= 0.3 is 6.18 Å². The zero-order chi connectivity index (χ0) is 16.8. The van der Waals surface area contributed by atoms with Crippen molar-refractivity contribution in [3.8, 4) is 6.07 Å². The van der Waals surface area contributed by atoms with Crippen molar-refractivity contribution in [2.75, 3.05) is 0 Å². The van der Waals surface area contributed by atoms with Gasteiger partial charge in [-0.1, -0.05) is 23.7 Å². The summed E-state index contributed by atoms with van der Waals surface area (Å²) in [5.74, 6) is -2.34. The number of fused-ring (bicyclic) bond motifs is 1. The molecule has 1 aromatic carbocycles. The topological polar surface area (TPSA) is 83.4 Å². The maximum absolute atomic E-state index is 13.2. The fourth-order valence-electron chi connectivity index (χ4n) is 2.82. The van der Waals surface area contributed by atoms with Crippen molar-refractivity contribution in [2.24, 2.45) is 16.8 Å². The molecule has 23 heavy (non-hydrogen) atoms. The van der Waals surface area contributed by atoms with E-state index in [1.54, 1.807) is 24.3 Å². The maximum atomic E-state index is 13.2. The Morgan fingerprint density at radius 1 is 1.30 bits per heavy atom. The molecule has 0 saturated heterocycles. The molecule has 2 heterocycles. The number of nitrogens with two attached hydrogens (primary N) is 1. The maximum Gasteiger partial charge on any atom is 0.431 e. The monoisotopic (exact) mass is 342 g/mol. The molecule has 0 radical (unpaired) electrons. The van der Waals surface area contributed by atoms with Crippen molar-refractivity contribution in [1.29, 1.82) is 5.26 Å². The number of halogens is 4. The van der Waals surface area contributed by atoms with Gasteiger partial charge in [0.2, 0.25) is 5.88 Å². The lowest BCUT2D eigenvalue weighted by Crippen LogP contribution is -2.45. The molecule has 0 amide bonds. The number of ether oxygens (including phenoxy) is 1. The van der Waals surface area contributed by atoms with E-state index in [1.807, 2.05) is 6.07 Å². The van der Waals surface area contributed by atoms with Gasteiger partial charge in [-0.05, 0) is 17.7 Å². The highest BCUT2D eigenvalue weighted by Crippen LogP contribution is 2.45. The lowest BCUT2D eigenvalue weighted by Gasteiger charge is -2.34. The van der Waals surface area contributed by atoms with Crippen molar-refractivity contribution < 1.29 is 17.9 Å². The Bertz CT molecular complexity index is 736. The highest BCUT2D eigenvalue weighted by atomic mass is 35.5. The first-order chi connectivity index (χ1) is 10.8. The van der Waals surface area contributed by atoms with Crippen LogP contribution in [-0.4, -0.2) is 18.1 Å². The number of hydrogen-bond acceptors (Lipinski definition) is 5. The van der Waals surface area contributed by atoms with E-state index < -0.39 is 30.0 Å². The molecule has 0 aromatic heterocycles. The molecule has 0 aliphatic carbocycles. The SMILES string of the molecule is N#CC1=C(N)O[C@@H]2NN=C(C(F)(F)F)[C@H]2[C@@H]1c1ccc(Cl)cc1. The first-order valence-electron chi connectivity index (χ1n) is 6.55. The van der Waals surface area contributed by atoms with E-state index in [0.717, 1.165) is 0 Å². The molecule has 9 heteroatoms. The predicted octanol–water partition coefficient (Wildman–Crippen LogP) is 2.61. The third kappa shape index (κ3) is 2.57. The summed E-state index contributed by atoms with van der Waals surface area (Å²) in [5, 5.41) is 13.1. The zero-order valence-electron chi connectivity index (χ0n) is 11.4. The minimum Gasteiger partial charge on any atom is -0.453 e. The molecule has 2 aliphatic rings. The third-order valence-electron chi connectivity index (χ3n) is 3.78. The number of nitriles is 1. The molecular formula is C14H10ClF3N4O. The van der Waals surface area contributed by atoms with Crippen LogP contribution in [0, 0.1) is 17.2 Å². The molecule has 0 unspecified atom stereocenters. The highest BCUT2D eigenvalue weighted by molar-refractivity contribution is 6.30. The van der Waals surface area contributed by atoms with Gasteiger partial charge < -0.3 is 10.5 Å². The molecule has 5 nitrogen and oxygen atoms in total. The fourth-order valence-corrected chi connectivity index (χ4v) is 2.94. The molecule has 1 aromatic rings. The summed E-state index contributed by atoms with van der Waals surface area (Å²) < 4.78 is 44.9. The van der Waals surface area contributed by atoms with Crippen LogP contribution in [0.15, 0.2) is 40.8 Å². The van der Waals surface area contributed by atoms with Crippen LogP contribution in [0.1, 0.15) is 11.5 Å². The van der Waals surface area contributed by atoms with Crippen LogP contribution in [0.5, 0.6) is 0 Å². The Hall–Kier alpha value is -2.40. The van der Waals surface area contributed by atoms with Crippen LogP contribution < -0.4 is 11.2 Å². The average Bonchev–Trinajstić information content (AvgIpc) is 2.90. The molecule has 3 atom stereocenters. The summed E-state index contributed by atoms with van der Waals surface area (Å²) in [6, 6.07) is 8.05. The average molecular weight is 343 g/mol. The molecule has 120 valence electrons. The number of benzene rings is 1. The lowest BCUT2D eigenvalue weighted by atomic mass is 9.76. The van der Waals surface area contributed by atoms with E-state index in [1.165, 1.54) is 0 Å². The number of rotatable bonds is 1. The van der Waals surface area contributed by atoms with Crippen LogP contribution in [0.3, 0.4) is 0 Å². The number of allylic oxidation sites excluding steroid dienone is 1. The number of nitrogens with zero attached hydrogens (tertiary/aromatic N) is 2. The Balaban J connectivity index is 2.13. The van der Waals surface area contributed by atoms with Crippen LogP contribution in [0.25, 0.3) is 0 Å². The van der Waals surface area contributed by atoms with Gasteiger partial charge in [-0.2, -0.15) is 23.5 Å². The Morgan fingerprint density at radius 2 is 1.96 bits per heavy atom. The normalized spacial score (nSPS) is 26.7. The van der Waals surface area contributed by atoms with Crippen molar-refractivity contribution in [3.05, 3.63) is 46.3 Å². The van der Waals surface area contributed by atoms with Crippen LogP contribution >= 0.6 is 11.6 Å². The highest BCUT2D eigenvalue weighted by Gasteiger charge is 2.55. The molecule has 2 aliphatic heterocycles. The number of hydrogen-bond donors (Lipinski definition) is 2. The Morgan fingerprint density at radius 3 is 2.52 bits per heavy atom. The van der Waals surface area contributed by atoms with E-state index >= 15 is 0 Å². The summed E-state index contributed by atoms with van der Waals surface area (Å²) >= 11 is 5.82. The third-order valence-corrected chi connectivity index (χ3v) is 4.04. The van der Waals surface area contributed by atoms with Gasteiger partial charge in [-0.15, -0.1) is 0 Å². The smallest absolute Gasteiger partial charge is 0.431 e. The van der Waals surface area contributed by atoms with Gasteiger partial charge in [0.05, 0.1) is 11.5 Å². The molecule has 3 N–H and O–H groups in total. The van der Waals surface area contributed by atoms with Crippen molar-refractivity contribution in [2.45, 2.75) is 18.3 Å². The number of nitrogens with one attached hydrogen (secondary N) is 1. The second kappa shape index (κ2) is 5.35. The fraction of sp³-hybridized carbons (Fsp3) is 0.286.